The summed E-state index contributed by atoms with van der Waals surface area (Å²) in [5.41, 5.74) is 1.14. The summed E-state index contributed by atoms with van der Waals surface area (Å²) in [6, 6.07) is 5.11. The first-order valence-electron chi connectivity index (χ1n) is 7.00. The quantitative estimate of drug-likeness (QED) is 0.756. The van der Waals surface area contributed by atoms with E-state index in [0.717, 1.165) is 19.4 Å². The van der Waals surface area contributed by atoms with Crippen LogP contribution in [0.5, 0.6) is 0 Å². The number of aryl methyl sites for hydroxylation is 1. The summed E-state index contributed by atoms with van der Waals surface area (Å²) >= 11 is 0. The van der Waals surface area contributed by atoms with E-state index in [0.29, 0.717) is 17.7 Å². The van der Waals surface area contributed by atoms with Gasteiger partial charge < -0.3 is 10.6 Å². The van der Waals surface area contributed by atoms with E-state index >= 15 is 0 Å². The Morgan fingerprint density at radius 1 is 1.43 bits per heavy atom. The number of hydrogen-bond acceptors (Lipinski definition) is 4. The van der Waals surface area contributed by atoms with Crippen LogP contribution in [0.1, 0.15) is 24.8 Å². The molecule has 0 radical (unpaired) electrons. The minimum absolute atomic E-state index is 0.106. The Morgan fingerprint density at radius 3 is 2.81 bits per heavy atom. The van der Waals surface area contributed by atoms with Crippen molar-refractivity contribution >= 4 is 21.6 Å². The number of amides is 1. The van der Waals surface area contributed by atoms with Gasteiger partial charge in [0, 0.05) is 18.2 Å². The largest absolute Gasteiger partial charge is 0.326 e. The molecule has 0 saturated carbocycles. The Hall–Kier alpha value is -1.44. The second kappa shape index (κ2) is 6.55. The van der Waals surface area contributed by atoms with Gasteiger partial charge in [-0.25, -0.2) is 13.1 Å². The monoisotopic (exact) mass is 311 g/mol. The molecule has 1 heterocycles. The van der Waals surface area contributed by atoms with Gasteiger partial charge in [-0.05, 0) is 51.1 Å². The maximum atomic E-state index is 12.0. The first-order chi connectivity index (χ1) is 9.92. The van der Waals surface area contributed by atoms with Crippen LogP contribution in [0, 0.1) is 6.92 Å². The van der Waals surface area contributed by atoms with Crippen LogP contribution in [-0.4, -0.2) is 34.0 Å². The van der Waals surface area contributed by atoms with E-state index in [1.165, 1.54) is 13.1 Å². The summed E-state index contributed by atoms with van der Waals surface area (Å²) < 4.78 is 26.1. The third-order valence-electron chi connectivity index (χ3n) is 3.62. The van der Waals surface area contributed by atoms with Crippen LogP contribution in [0.25, 0.3) is 0 Å². The number of anilines is 1. The second-order valence-corrected chi connectivity index (χ2v) is 7.09. The molecule has 21 heavy (non-hydrogen) atoms. The molecule has 1 aliphatic rings. The maximum Gasteiger partial charge on any atom is 0.240 e. The number of rotatable bonds is 5. The molecule has 1 atom stereocenters. The normalized spacial score (nSPS) is 18.7. The van der Waals surface area contributed by atoms with E-state index in [-0.39, 0.29) is 16.8 Å². The van der Waals surface area contributed by atoms with Gasteiger partial charge in [-0.3, -0.25) is 4.79 Å². The van der Waals surface area contributed by atoms with Crippen molar-refractivity contribution in [2.45, 2.75) is 37.1 Å². The Balaban J connectivity index is 2.10. The average molecular weight is 311 g/mol. The van der Waals surface area contributed by atoms with E-state index in [9.17, 15) is 13.2 Å². The summed E-state index contributed by atoms with van der Waals surface area (Å²) in [6.07, 6.45) is 2.50. The van der Waals surface area contributed by atoms with Crippen molar-refractivity contribution in [1.29, 1.82) is 0 Å². The molecule has 1 saturated heterocycles. The minimum atomic E-state index is -3.52. The zero-order chi connectivity index (χ0) is 15.5. The SMILES string of the molecule is CNS(=O)(=O)c1cc(NC(=O)CC2CCCN2)ccc1C. The van der Waals surface area contributed by atoms with Gasteiger partial charge >= 0.3 is 0 Å². The van der Waals surface area contributed by atoms with Crippen molar-refractivity contribution in [1.82, 2.24) is 10.0 Å². The van der Waals surface area contributed by atoms with Gasteiger partial charge in [-0.15, -0.1) is 0 Å². The predicted octanol–water partition coefficient (Wildman–Crippen LogP) is 0.984. The fraction of sp³-hybridized carbons (Fsp3) is 0.500. The van der Waals surface area contributed by atoms with Crippen molar-refractivity contribution in [3.05, 3.63) is 23.8 Å². The first-order valence-corrected chi connectivity index (χ1v) is 8.48. The van der Waals surface area contributed by atoms with E-state index in [4.69, 9.17) is 0 Å². The summed E-state index contributed by atoms with van der Waals surface area (Å²) in [6.45, 7) is 2.67. The van der Waals surface area contributed by atoms with Crippen LogP contribution in [0.2, 0.25) is 0 Å². The number of benzene rings is 1. The molecule has 2 rings (SSSR count). The third kappa shape index (κ3) is 4.03. The molecular weight excluding hydrogens is 290 g/mol. The lowest BCUT2D eigenvalue weighted by atomic mass is 10.1. The van der Waals surface area contributed by atoms with Crippen LogP contribution in [0.15, 0.2) is 23.1 Å². The van der Waals surface area contributed by atoms with Crippen molar-refractivity contribution in [3.63, 3.8) is 0 Å². The van der Waals surface area contributed by atoms with E-state index in [1.807, 2.05) is 0 Å². The Morgan fingerprint density at radius 2 is 2.19 bits per heavy atom. The van der Waals surface area contributed by atoms with E-state index in [2.05, 4.69) is 15.4 Å². The van der Waals surface area contributed by atoms with Crippen LogP contribution >= 0.6 is 0 Å². The average Bonchev–Trinajstić information content (AvgIpc) is 2.93. The molecule has 6 nitrogen and oxygen atoms in total. The van der Waals surface area contributed by atoms with Crippen LogP contribution in [0.4, 0.5) is 5.69 Å². The summed E-state index contributed by atoms with van der Waals surface area (Å²) in [7, 11) is -2.16. The van der Waals surface area contributed by atoms with E-state index in [1.54, 1.807) is 19.1 Å². The topological polar surface area (TPSA) is 87.3 Å². The fourth-order valence-electron chi connectivity index (χ4n) is 2.44. The predicted molar refractivity (Wildman–Crippen MR) is 81.7 cm³/mol. The Labute approximate surface area is 125 Å². The van der Waals surface area contributed by atoms with Gasteiger partial charge in [0.2, 0.25) is 15.9 Å². The van der Waals surface area contributed by atoms with Gasteiger partial charge in [0.05, 0.1) is 4.90 Å². The molecule has 1 amide bonds. The number of carbonyl (C=O) groups excluding carboxylic acids is 1. The number of hydrogen-bond donors (Lipinski definition) is 3. The maximum absolute atomic E-state index is 12.0. The molecule has 1 fully saturated rings. The Kier molecular flexibility index (Phi) is 4.97. The summed E-state index contributed by atoms with van der Waals surface area (Å²) in [4.78, 5) is 12.1. The molecule has 3 N–H and O–H groups in total. The standard InChI is InChI=1S/C14H21N3O3S/c1-10-5-6-12(8-13(10)21(19,20)15-2)17-14(18)9-11-4-3-7-16-11/h5-6,8,11,15-16H,3-4,7,9H2,1-2H3,(H,17,18). The second-order valence-electron chi connectivity index (χ2n) is 5.23. The lowest BCUT2D eigenvalue weighted by molar-refractivity contribution is -0.116. The van der Waals surface area contributed by atoms with Crippen molar-refractivity contribution in [2.75, 3.05) is 18.9 Å². The molecule has 1 unspecified atom stereocenters. The van der Waals surface area contributed by atoms with Crippen LogP contribution in [0.3, 0.4) is 0 Å². The first kappa shape index (κ1) is 15.9. The van der Waals surface area contributed by atoms with Gasteiger partial charge in [0.15, 0.2) is 0 Å². The molecule has 1 aromatic carbocycles. The number of sulfonamides is 1. The number of carbonyl (C=O) groups is 1. The zero-order valence-corrected chi connectivity index (χ0v) is 13.1. The molecule has 0 aliphatic carbocycles. The molecule has 1 aromatic rings. The fourth-order valence-corrected chi connectivity index (χ4v) is 3.44. The van der Waals surface area contributed by atoms with Gasteiger partial charge in [0.1, 0.15) is 0 Å². The highest BCUT2D eigenvalue weighted by Crippen LogP contribution is 2.20. The molecule has 1 aliphatic heterocycles. The molecule has 0 bridgehead atoms. The van der Waals surface area contributed by atoms with Crippen molar-refractivity contribution in [3.8, 4) is 0 Å². The van der Waals surface area contributed by atoms with Crippen molar-refractivity contribution < 1.29 is 13.2 Å². The lowest BCUT2D eigenvalue weighted by Crippen LogP contribution is -2.27. The van der Waals surface area contributed by atoms with E-state index < -0.39 is 10.0 Å². The molecular formula is C14H21N3O3S. The van der Waals surface area contributed by atoms with Gasteiger partial charge in [0.25, 0.3) is 0 Å². The molecule has 0 aromatic heterocycles. The smallest absolute Gasteiger partial charge is 0.240 e. The van der Waals surface area contributed by atoms with Crippen LogP contribution in [-0.2, 0) is 14.8 Å². The minimum Gasteiger partial charge on any atom is -0.326 e. The highest BCUT2D eigenvalue weighted by molar-refractivity contribution is 7.89. The summed E-state index contributed by atoms with van der Waals surface area (Å²) in [5, 5.41) is 6.02. The lowest BCUT2D eigenvalue weighted by Gasteiger charge is -2.12. The van der Waals surface area contributed by atoms with Gasteiger partial charge in [-0.1, -0.05) is 6.07 Å². The van der Waals surface area contributed by atoms with Crippen LogP contribution < -0.4 is 15.4 Å². The third-order valence-corrected chi connectivity index (χ3v) is 5.18. The molecule has 116 valence electrons. The van der Waals surface area contributed by atoms with Gasteiger partial charge in [-0.2, -0.15) is 0 Å². The summed E-state index contributed by atoms with van der Waals surface area (Å²) in [5.74, 6) is -0.106. The molecule has 0 spiro atoms. The zero-order valence-electron chi connectivity index (χ0n) is 12.3. The number of nitrogens with one attached hydrogen (secondary N) is 3. The van der Waals surface area contributed by atoms with Crippen molar-refractivity contribution in [2.24, 2.45) is 0 Å². The Bertz CT molecular complexity index is 622. The highest BCUT2D eigenvalue weighted by atomic mass is 32.2. The molecule has 7 heteroatoms. The highest BCUT2D eigenvalue weighted by Gasteiger charge is 2.19.